The van der Waals surface area contributed by atoms with Gasteiger partial charge in [-0.05, 0) is 24.5 Å². The van der Waals surface area contributed by atoms with Crippen molar-refractivity contribution in [2.24, 2.45) is 5.92 Å². The maximum absolute atomic E-state index is 13.5. The Bertz CT molecular complexity index is 1100. The number of hydrogen-bond donors (Lipinski definition) is 2. The quantitative estimate of drug-likeness (QED) is 0.503. The van der Waals surface area contributed by atoms with Crippen LogP contribution in [-0.2, 0) is 11.3 Å². The van der Waals surface area contributed by atoms with Gasteiger partial charge in [-0.15, -0.1) is 0 Å². The fourth-order valence-corrected chi connectivity index (χ4v) is 3.49. The van der Waals surface area contributed by atoms with Gasteiger partial charge >= 0.3 is 5.69 Å². The Kier molecular flexibility index (Phi) is 9.36. The highest BCUT2D eigenvalue weighted by molar-refractivity contribution is 6.32. The topological polar surface area (TPSA) is 129 Å². The number of nitrogen functional groups attached to an aromatic ring is 1. The first kappa shape index (κ1) is 26.3. The number of amides is 1. The Balaban J connectivity index is 2.63. The highest BCUT2D eigenvalue weighted by Gasteiger charge is 2.27. The standard InChI is InChI=1S/C22H31ClN4O6/c1-6-8-33-18-15(23)10-14(11-16(18)32-5)21(29)26(7-9-31-4)17-19(24)27(12-13(2)3)22(30)25-20(17)28/h10-11,13H,6-9,12,24H2,1-5H3,(H,25,28,30). The van der Waals surface area contributed by atoms with E-state index in [9.17, 15) is 14.4 Å². The van der Waals surface area contributed by atoms with Crippen molar-refractivity contribution >= 4 is 29.0 Å². The molecule has 1 aromatic carbocycles. The van der Waals surface area contributed by atoms with E-state index in [4.69, 9.17) is 31.5 Å². The van der Waals surface area contributed by atoms with Gasteiger partial charge in [0.1, 0.15) is 5.82 Å². The summed E-state index contributed by atoms with van der Waals surface area (Å²) in [7, 11) is 2.90. The molecule has 33 heavy (non-hydrogen) atoms. The number of nitrogens with two attached hydrogens (primary N) is 1. The maximum atomic E-state index is 13.5. The van der Waals surface area contributed by atoms with Gasteiger partial charge < -0.3 is 19.9 Å². The van der Waals surface area contributed by atoms with Gasteiger partial charge in [-0.25, -0.2) is 4.79 Å². The lowest BCUT2D eigenvalue weighted by molar-refractivity contribution is 0.0975. The number of anilines is 2. The predicted octanol–water partition coefficient (Wildman–Crippen LogP) is 2.52. The molecule has 1 amide bonds. The summed E-state index contributed by atoms with van der Waals surface area (Å²) in [6, 6.07) is 2.92. The van der Waals surface area contributed by atoms with Gasteiger partial charge in [-0.3, -0.25) is 24.0 Å². The zero-order chi connectivity index (χ0) is 24.7. The van der Waals surface area contributed by atoms with E-state index >= 15 is 0 Å². The van der Waals surface area contributed by atoms with Crippen LogP contribution in [-0.4, -0.2) is 49.4 Å². The summed E-state index contributed by atoms with van der Waals surface area (Å²) >= 11 is 6.38. The van der Waals surface area contributed by atoms with Crippen LogP contribution in [0.2, 0.25) is 5.02 Å². The second kappa shape index (κ2) is 11.8. The Morgan fingerprint density at radius 3 is 2.52 bits per heavy atom. The van der Waals surface area contributed by atoms with E-state index in [-0.39, 0.29) is 53.5 Å². The summed E-state index contributed by atoms with van der Waals surface area (Å²) < 4.78 is 17.4. The molecule has 3 N–H and O–H groups in total. The van der Waals surface area contributed by atoms with Gasteiger partial charge in [0, 0.05) is 25.8 Å². The molecule has 0 spiro atoms. The summed E-state index contributed by atoms with van der Waals surface area (Å²) in [5, 5.41) is 0.185. The highest BCUT2D eigenvalue weighted by Crippen LogP contribution is 2.37. The van der Waals surface area contributed by atoms with Crippen molar-refractivity contribution in [3.05, 3.63) is 43.6 Å². The van der Waals surface area contributed by atoms with E-state index in [0.717, 1.165) is 6.42 Å². The molecule has 0 aliphatic heterocycles. The lowest BCUT2D eigenvalue weighted by Crippen LogP contribution is -2.42. The molecule has 0 aliphatic carbocycles. The second-order valence-electron chi connectivity index (χ2n) is 7.79. The number of ether oxygens (including phenoxy) is 3. The molecule has 0 radical (unpaired) electrons. The van der Waals surface area contributed by atoms with Crippen LogP contribution < -0.4 is 31.4 Å². The summed E-state index contributed by atoms with van der Waals surface area (Å²) in [6.07, 6.45) is 0.763. The zero-order valence-corrected chi connectivity index (χ0v) is 20.3. The number of carbonyl (C=O) groups is 1. The van der Waals surface area contributed by atoms with E-state index in [1.807, 2.05) is 20.8 Å². The number of nitrogens with zero attached hydrogens (tertiary/aromatic N) is 2. The van der Waals surface area contributed by atoms with Crippen molar-refractivity contribution in [2.75, 3.05) is 44.6 Å². The van der Waals surface area contributed by atoms with Gasteiger partial charge in [-0.2, -0.15) is 0 Å². The number of rotatable bonds is 11. The largest absolute Gasteiger partial charge is 0.493 e. The van der Waals surface area contributed by atoms with Crippen LogP contribution in [0.4, 0.5) is 11.5 Å². The minimum Gasteiger partial charge on any atom is -0.493 e. The van der Waals surface area contributed by atoms with Crippen LogP contribution in [0.1, 0.15) is 37.6 Å². The number of H-pyrrole nitrogens is 1. The fourth-order valence-electron chi connectivity index (χ4n) is 3.23. The summed E-state index contributed by atoms with van der Waals surface area (Å²) in [6.45, 7) is 6.58. The first-order chi connectivity index (χ1) is 15.7. The first-order valence-electron chi connectivity index (χ1n) is 10.6. The van der Waals surface area contributed by atoms with Crippen molar-refractivity contribution in [1.29, 1.82) is 0 Å². The fraction of sp³-hybridized carbons (Fsp3) is 0.500. The predicted molar refractivity (Wildman–Crippen MR) is 128 cm³/mol. The van der Waals surface area contributed by atoms with Gasteiger partial charge in [-0.1, -0.05) is 32.4 Å². The number of carbonyl (C=O) groups excluding carboxylic acids is 1. The molecule has 2 rings (SSSR count). The van der Waals surface area contributed by atoms with Crippen LogP contribution in [0, 0.1) is 5.92 Å². The van der Waals surface area contributed by atoms with Crippen LogP contribution in [0.25, 0.3) is 0 Å². The van der Waals surface area contributed by atoms with Crippen LogP contribution >= 0.6 is 11.6 Å². The number of benzene rings is 1. The molecule has 0 saturated heterocycles. The van der Waals surface area contributed by atoms with Crippen molar-refractivity contribution < 1.29 is 19.0 Å². The zero-order valence-electron chi connectivity index (χ0n) is 19.6. The molecule has 0 aliphatic rings. The second-order valence-corrected chi connectivity index (χ2v) is 8.19. The summed E-state index contributed by atoms with van der Waals surface area (Å²) in [5.41, 5.74) is 4.82. The smallest absolute Gasteiger partial charge is 0.330 e. The van der Waals surface area contributed by atoms with Crippen molar-refractivity contribution in [3.63, 3.8) is 0 Å². The molecule has 0 unspecified atom stereocenters. The molecule has 0 saturated carbocycles. The number of aromatic nitrogens is 2. The molecule has 10 nitrogen and oxygen atoms in total. The third-order valence-electron chi connectivity index (χ3n) is 4.72. The number of halogens is 1. The number of nitrogens with one attached hydrogen (secondary N) is 1. The normalized spacial score (nSPS) is 11.0. The molecule has 182 valence electrons. The highest BCUT2D eigenvalue weighted by atomic mass is 35.5. The Labute approximate surface area is 197 Å². The van der Waals surface area contributed by atoms with Gasteiger partial charge in [0.15, 0.2) is 17.2 Å². The lowest BCUT2D eigenvalue weighted by atomic mass is 10.1. The number of hydrogen-bond acceptors (Lipinski definition) is 7. The van der Waals surface area contributed by atoms with Crippen molar-refractivity contribution in [1.82, 2.24) is 9.55 Å². The van der Waals surface area contributed by atoms with Gasteiger partial charge in [0.25, 0.3) is 11.5 Å². The first-order valence-corrected chi connectivity index (χ1v) is 11.0. The summed E-state index contributed by atoms with van der Waals surface area (Å²) in [5.74, 6) is -0.00350. The summed E-state index contributed by atoms with van der Waals surface area (Å²) in [4.78, 5) is 42.0. The van der Waals surface area contributed by atoms with Gasteiger partial charge in [0.2, 0.25) is 0 Å². The molecule has 1 heterocycles. The maximum Gasteiger partial charge on any atom is 0.330 e. The Morgan fingerprint density at radius 2 is 1.94 bits per heavy atom. The van der Waals surface area contributed by atoms with Crippen LogP contribution in [0.15, 0.2) is 21.7 Å². The molecular weight excluding hydrogens is 452 g/mol. The minimum absolute atomic E-state index is 0.0104. The SMILES string of the molecule is CCCOc1c(Cl)cc(C(=O)N(CCOC)c2c(N)n(CC(C)C)c(=O)[nH]c2=O)cc1OC. The van der Waals surface area contributed by atoms with E-state index in [1.165, 1.54) is 35.8 Å². The molecule has 1 aromatic heterocycles. The molecule has 0 atom stereocenters. The Morgan fingerprint density at radius 1 is 1.24 bits per heavy atom. The molecule has 11 heteroatoms. The van der Waals surface area contributed by atoms with Crippen LogP contribution in [0.5, 0.6) is 11.5 Å². The third-order valence-corrected chi connectivity index (χ3v) is 5.00. The van der Waals surface area contributed by atoms with E-state index in [2.05, 4.69) is 4.98 Å². The van der Waals surface area contributed by atoms with E-state index in [1.54, 1.807) is 0 Å². The van der Waals surface area contributed by atoms with Crippen molar-refractivity contribution in [2.45, 2.75) is 33.7 Å². The molecular formula is C22H31ClN4O6. The van der Waals surface area contributed by atoms with Crippen molar-refractivity contribution in [3.8, 4) is 11.5 Å². The average molecular weight is 483 g/mol. The number of aromatic amines is 1. The number of methoxy groups -OCH3 is 2. The van der Waals surface area contributed by atoms with E-state index in [0.29, 0.717) is 12.4 Å². The van der Waals surface area contributed by atoms with Gasteiger partial charge in [0.05, 0.1) is 25.3 Å². The van der Waals surface area contributed by atoms with E-state index < -0.39 is 17.2 Å². The lowest BCUT2D eigenvalue weighted by Gasteiger charge is -2.25. The minimum atomic E-state index is -0.775. The molecule has 0 fully saturated rings. The molecule has 0 bridgehead atoms. The third kappa shape index (κ3) is 6.08. The van der Waals surface area contributed by atoms with Crippen LogP contribution in [0.3, 0.4) is 0 Å². The molecule has 2 aromatic rings. The average Bonchev–Trinajstić information content (AvgIpc) is 2.76. The Hall–Kier alpha value is -2.98. The monoisotopic (exact) mass is 482 g/mol.